The molecular weight excluding hydrogens is 170 g/mol. The molecule has 0 atom stereocenters. The van der Waals surface area contributed by atoms with Crippen LogP contribution in [0.3, 0.4) is 0 Å². The Morgan fingerprint density at radius 1 is 1.33 bits per heavy atom. The SMILES string of the molecule is NCCCSCC1(O)CCCC1. The van der Waals surface area contributed by atoms with E-state index < -0.39 is 0 Å². The van der Waals surface area contributed by atoms with Crippen molar-refractivity contribution < 1.29 is 5.11 Å². The van der Waals surface area contributed by atoms with Gasteiger partial charge in [0.2, 0.25) is 0 Å². The first-order valence-corrected chi connectivity index (χ1v) is 5.92. The molecule has 0 aromatic rings. The Labute approximate surface area is 78.9 Å². The van der Waals surface area contributed by atoms with Crippen LogP contribution >= 0.6 is 11.8 Å². The largest absolute Gasteiger partial charge is 0.389 e. The smallest absolute Gasteiger partial charge is 0.0737 e. The monoisotopic (exact) mass is 189 g/mol. The van der Waals surface area contributed by atoms with E-state index in [4.69, 9.17) is 5.73 Å². The maximum absolute atomic E-state index is 9.94. The van der Waals surface area contributed by atoms with Gasteiger partial charge < -0.3 is 10.8 Å². The molecule has 0 aliphatic heterocycles. The molecular formula is C9H19NOS. The van der Waals surface area contributed by atoms with Crippen LogP contribution in [-0.2, 0) is 0 Å². The van der Waals surface area contributed by atoms with E-state index in [0.29, 0.717) is 0 Å². The molecule has 0 spiro atoms. The third kappa shape index (κ3) is 3.33. The van der Waals surface area contributed by atoms with Crippen molar-refractivity contribution in [2.75, 3.05) is 18.1 Å². The Morgan fingerprint density at radius 2 is 2.00 bits per heavy atom. The zero-order valence-corrected chi connectivity index (χ0v) is 8.41. The number of hydrogen-bond acceptors (Lipinski definition) is 3. The summed E-state index contributed by atoms with van der Waals surface area (Å²) in [5.41, 5.74) is 5.05. The summed E-state index contributed by atoms with van der Waals surface area (Å²) in [6, 6.07) is 0. The zero-order chi connectivity index (χ0) is 8.86. The summed E-state index contributed by atoms with van der Waals surface area (Å²) in [5, 5.41) is 9.94. The van der Waals surface area contributed by atoms with Gasteiger partial charge in [0.15, 0.2) is 0 Å². The van der Waals surface area contributed by atoms with Crippen molar-refractivity contribution in [1.82, 2.24) is 0 Å². The van der Waals surface area contributed by atoms with Crippen molar-refractivity contribution in [3.05, 3.63) is 0 Å². The average molecular weight is 189 g/mol. The summed E-state index contributed by atoms with van der Waals surface area (Å²) in [6.45, 7) is 0.769. The highest BCUT2D eigenvalue weighted by molar-refractivity contribution is 7.99. The molecule has 0 radical (unpaired) electrons. The lowest BCUT2D eigenvalue weighted by Crippen LogP contribution is -2.27. The fourth-order valence-corrected chi connectivity index (χ4v) is 2.81. The third-order valence-electron chi connectivity index (χ3n) is 2.40. The molecule has 72 valence electrons. The van der Waals surface area contributed by atoms with E-state index in [1.54, 1.807) is 0 Å². The van der Waals surface area contributed by atoms with Crippen molar-refractivity contribution in [3.8, 4) is 0 Å². The summed E-state index contributed by atoms with van der Waals surface area (Å²) < 4.78 is 0. The topological polar surface area (TPSA) is 46.2 Å². The summed E-state index contributed by atoms with van der Waals surface area (Å²) in [7, 11) is 0. The molecule has 2 nitrogen and oxygen atoms in total. The van der Waals surface area contributed by atoms with Gasteiger partial charge >= 0.3 is 0 Å². The first kappa shape index (κ1) is 10.4. The van der Waals surface area contributed by atoms with Gasteiger partial charge in [-0.25, -0.2) is 0 Å². The van der Waals surface area contributed by atoms with Crippen molar-refractivity contribution in [3.63, 3.8) is 0 Å². The minimum atomic E-state index is -0.334. The van der Waals surface area contributed by atoms with Gasteiger partial charge in [0.05, 0.1) is 5.60 Å². The standard InChI is InChI=1S/C9H19NOS/c10-6-3-7-12-8-9(11)4-1-2-5-9/h11H,1-8,10H2. The summed E-state index contributed by atoms with van der Waals surface area (Å²) in [4.78, 5) is 0. The van der Waals surface area contributed by atoms with Crippen LogP contribution in [0.5, 0.6) is 0 Å². The second kappa shape index (κ2) is 5.10. The van der Waals surface area contributed by atoms with Gasteiger partial charge in [0.1, 0.15) is 0 Å². The van der Waals surface area contributed by atoms with Gasteiger partial charge in [-0.05, 0) is 31.6 Å². The first-order valence-electron chi connectivity index (χ1n) is 4.77. The van der Waals surface area contributed by atoms with Gasteiger partial charge in [-0.2, -0.15) is 11.8 Å². The minimum Gasteiger partial charge on any atom is -0.389 e. The van der Waals surface area contributed by atoms with Gasteiger partial charge in [0.25, 0.3) is 0 Å². The van der Waals surface area contributed by atoms with Crippen molar-refractivity contribution in [1.29, 1.82) is 0 Å². The van der Waals surface area contributed by atoms with Crippen LogP contribution in [0.25, 0.3) is 0 Å². The van der Waals surface area contributed by atoms with Gasteiger partial charge in [-0.1, -0.05) is 12.8 Å². The minimum absolute atomic E-state index is 0.334. The molecule has 0 saturated heterocycles. The second-order valence-corrected chi connectivity index (χ2v) is 4.73. The molecule has 1 rings (SSSR count). The highest BCUT2D eigenvalue weighted by Crippen LogP contribution is 2.32. The molecule has 3 heteroatoms. The normalized spacial score (nSPS) is 21.5. The highest BCUT2D eigenvalue weighted by Gasteiger charge is 2.30. The molecule has 0 amide bonds. The highest BCUT2D eigenvalue weighted by atomic mass is 32.2. The van der Waals surface area contributed by atoms with Crippen LogP contribution in [-0.4, -0.2) is 28.8 Å². The number of hydrogen-bond donors (Lipinski definition) is 2. The van der Waals surface area contributed by atoms with Gasteiger partial charge in [-0.3, -0.25) is 0 Å². The quantitative estimate of drug-likeness (QED) is 0.642. The van der Waals surface area contributed by atoms with Gasteiger partial charge in [0, 0.05) is 5.75 Å². The average Bonchev–Trinajstić information content (AvgIpc) is 2.47. The lowest BCUT2D eigenvalue weighted by Gasteiger charge is -2.21. The Bertz CT molecular complexity index is 124. The van der Waals surface area contributed by atoms with Crippen LogP contribution in [0.1, 0.15) is 32.1 Å². The fraction of sp³-hybridized carbons (Fsp3) is 1.00. The predicted molar refractivity (Wildman–Crippen MR) is 54.4 cm³/mol. The Balaban J connectivity index is 2.05. The molecule has 1 aliphatic rings. The van der Waals surface area contributed by atoms with Crippen molar-refractivity contribution >= 4 is 11.8 Å². The molecule has 1 saturated carbocycles. The lowest BCUT2D eigenvalue weighted by atomic mass is 10.1. The third-order valence-corrected chi connectivity index (χ3v) is 3.72. The van der Waals surface area contributed by atoms with E-state index in [2.05, 4.69) is 0 Å². The lowest BCUT2D eigenvalue weighted by molar-refractivity contribution is 0.0733. The zero-order valence-electron chi connectivity index (χ0n) is 7.59. The summed E-state index contributed by atoms with van der Waals surface area (Å²) in [5.74, 6) is 2.01. The first-order chi connectivity index (χ1) is 5.77. The summed E-state index contributed by atoms with van der Waals surface area (Å²) >= 11 is 1.84. The van der Waals surface area contributed by atoms with E-state index in [1.807, 2.05) is 11.8 Å². The molecule has 1 aliphatic carbocycles. The fourth-order valence-electron chi connectivity index (χ4n) is 1.62. The van der Waals surface area contributed by atoms with E-state index in [9.17, 15) is 5.11 Å². The van der Waals surface area contributed by atoms with E-state index in [0.717, 1.165) is 37.3 Å². The van der Waals surface area contributed by atoms with E-state index >= 15 is 0 Å². The van der Waals surface area contributed by atoms with Crippen LogP contribution in [0.4, 0.5) is 0 Å². The molecule has 0 bridgehead atoms. The van der Waals surface area contributed by atoms with Crippen molar-refractivity contribution in [2.45, 2.75) is 37.7 Å². The van der Waals surface area contributed by atoms with E-state index in [-0.39, 0.29) is 5.60 Å². The molecule has 0 aromatic heterocycles. The molecule has 3 N–H and O–H groups in total. The maximum Gasteiger partial charge on any atom is 0.0737 e. The Kier molecular flexibility index (Phi) is 4.40. The van der Waals surface area contributed by atoms with Crippen LogP contribution < -0.4 is 5.73 Å². The number of thioether (sulfide) groups is 1. The van der Waals surface area contributed by atoms with Crippen LogP contribution in [0.2, 0.25) is 0 Å². The molecule has 12 heavy (non-hydrogen) atoms. The molecule has 0 unspecified atom stereocenters. The van der Waals surface area contributed by atoms with Crippen LogP contribution in [0.15, 0.2) is 0 Å². The molecule has 0 aromatic carbocycles. The van der Waals surface area contributed by atoms with E-state index in [1.165, 1.54) is 12.8 Å². The van der Waals surface area contributed by atoms with Crippen LogP contribution in [0, 0.1) is 0 Å². The number of aliphatic hydroxyl groups is 1. The number of nitrogens with two attached hydrogens (primary N) is 1. The Hall–Kier alpha value is 0.270. The molecule has 0 heterocycles. The van der Waals surface area contributed by atoms with Crippen molar-refractivity contribution in [2.24, 2.45) is 5.73 Å². The summed E-state index contributed by atoms with van der Waals surface area (Å²) in [6.07, 6.45) is 5.48. The Morgan fingerprint density at radius 3 is 2.58 bits per heavy atom. The maximum atomic E-state index is 9.94. The number of rotatable bonds is 5. The molecule has 1 fully saturated rings. The predicted octanol–water partition coefficient (Wildman–Crippen LogP) is 1.37. The second-order valence-electron chi connectivity index (χ2n) is 3.63. The van der Waals surface area contributed by atoms with Gasteiger partial charge in [-0.15, -0.1) is 0 Å².